The zero-order valence-corrected chi connectivity index (χ0v) is 27.9. The molecule has 0 radical (unpaired) electrons. The van der Waals surface area contributed by atoms with Crippen LogP contribution in [0.4, 0.5) is 0 Å². The Kier molecular flexibility index (Phi) is 9.97. The van der Waals surface area contributed by atoms with Gasteiger partial charge in [-0.15, -0.1) is 0 Å². The lowest BCUT2D eigenvalue weighted by Crippen LogP contribution is -2.58. The van der Waals surface area contributed by atoms with E-state index in [0.29, 0.717) is 37.1 Å². The molecule has 1 spiro atoms. The van der Waals surface area contributed by atoms with Gasteiger partial charge in [0.05, 0.1) is 25.4 Å². The van der Waals surface area contributed by atoms with Gasteiger partial charge in [0.25, 0.3) is 0 Å². The number of hydrogen-bond acceptors (Lipinski definition) is 10. The van der Waals surface area contributed by atoms with Crippen molar-refractivity contribution in [3.8, 4) is 34.8 Å². The summed E-state index contributed by atoms with van der Waals surface area (Å²) in [5, 5.41) is 70.7. The molecule has 262 valence electrons. The predicted molar refractivity (Wildman–Crippen MR) is 178 cm³/mol. The second-order valence-corrected chi connectivity index (χ2v) is 14.6. The summed E-state index contributed by atoms with van der Waals surface area (Å²) in [6.45, 7) is 6.02. The molecule has 2 aromatic carbocycles. The molecule has 3 aliphatic heterocycles. The minimum atomic E-state index is -1.52. The highest BCUT2D eigenvalue weighted by Gasteiger charge is 2.47. The van der Waals surface area contributed by atoms with E-state index in [-0.39, 0.29) is 18.9 Å². The van der Waals surface area contributed by atoms with Gasteiger partial charge in [-0.05, 0) is 59.4 Å². The lowest BCUT2D eigenvalue weighted by molar-refractivity contribution is -0.214. The van der Waals surface area contributed by atoms with Crippen molar-refractivity contribution in [2.75, 3.05) is 26.3 Å². The summed E-state index contributed by atoms with van der Waals surface area (Å²) < 4.78 is 11.3. The van der Waals surface area contributed by atoms with Crippen LogP contribution in [-0.4, -0.2) is 128 Å². The Morgan fingerprint density at radius 2 is 1.35 bits per heavy atom. The Hall–Kier alpha value is -3.33. The summed E-state index contributed by atoms with van der Waals surface area (Å²) in [5.41, 5.74) is 4.55. The molecule has 0 aromatic heterocycles. The van der Waals surface area contributed by atoms with Crippen molar-refractivity contribution in [1.29, 1.82) is 0 Å². The second-order valence-electron chi connectivity index (χ2n) is 14.6. The average molecular weight is 676 g/mol. The molecule has 3 saturated heterocycles. The van der Waals surface area contributed by atoms with E-state index in [1.165, 1.54) is 0 Å². The van der Waals surface area contributed by atoms with Crippen LogP contribution in [0.3, 0.4) is 0 Å². The zero-order valence-electron chi connectivity index (χ0n) is 27.9. The minimum Gasteiger partial charge on any atom is -0.394 e. The number of benzene rings is 2. The zero-order chi connectivity index (χ0) is 35.2. The number of rotatable bonds is 2. The summed E-state index contributed by atoms with van der Waals surface area (Å²) >= 11 is 0. The summed E-state index contributed by atoms with van der Waals surface area (Å²) in [7, 11) is 0. The standard InChI is InChI=1S/C38H45NO10/c1-37(2,3)36(47)39-14-12-38(13-15-39)26-16-21(6-10-29-32(43)28(42)18-23(19-40)48-29)4-8-24(26)25-9-5-22(17-27(25)38)7-11-30-33(44)35(46)34(45)31(20-41)49-30/h4-5,8-9,16-17,23,28-35,40-46H,12-15,18-20H2,1-3H3/t23?,28?,29?,30?,31?,32?,33?,34-,35?/m1/s1. The number of likely N-dealkylation sites (tertiary alicyclic amines) is 1. The van der Waals surface area contributed by atoms with Crippen LogP contribution in [0.15, 0.2) is 36.4 Å². The average Bonchev–Trinajstić information content (AvgIpc) is 3.34. The summed E-state index contributed by atoms with van der Waals surface area (Å²) in [4.78, 5) is 15.2. The lowest BCUT2D eigenvalue weighted by atomic mass is 9.70. The van der Waals surface area contributed by atoms with Gasteiger partial charge >= 0.3 is 0 Å². The first-order valence-corrected chi connectivity index (χ1v) is 16.8. The van der Waals surface area contributed by atoms with Gasteiger partial charge < -0.3 is 50.1 Å². The monoisotopic (exact) mass is 675 g/mol. The molecule has 0 saturated carbocycles. The van der Waals surface area contributed by atoms with Crippen LogP contribution >= 0.6 is 0 Å². The van der Waals surface area contributed by atoms with E-state index in [9.17, 15) is 40.5 Å². The third-order valence-corrected chi connectivity index (χ3v) is 10.3. The fourth-order valence-corrected chi connectivity index (χ4v) is 7.48. The molecule has 2 aromatic rings. The molecule has 0 bridgehead atoms. The van der Waals surface area contributed by atoms with Gasteiger partial charge in [0, 0.05) is 41.5 Å². The normalized spacial score (nSPS) is 32.0. The SMILES string of the molecule is CC(C)(C)C(=O)N1CCC2(CC1)c1cc(C#CC3OC(CO)CC(O)C3O)ccc1-c1ccc(C#CC3OC(CO)[C@@H](O)C(O)C3O)cc12. The number of nitrogens with zero attached hydrogens (tertiary/aromatic N) is 1. The highest BCUT2D eigenvalue weighted by Crippen LogP contribution is 2.54. The highest BCUT2D eigenvalue weighted by molar-refractivity contribution is 5.84. The molecule has 4 aliphatic rings. The van der Waals surface area contributed by atoms with E-state index >= 15 is 0 Å². The van der Waals surface area contributed by atoms with Crippen molar-refractivity contribution >= 4 is 5.91 Å². The Morgan fingerprint density at radius 1 is 0.796 bits per heavy atom. The molecule has 49 heavy (non-hydrogen) atoms. The van der Waals surface area contributed by atoms with Gasteiger partial charge in [0.2, 0.25) is 5.91 Å². The molecule has 1 amide bonds. The Labute approximate surface area is 286 Å². The van der Waals surface area contributed by atoms with Crippen LogP contribution in [0.25, 0.3) is 11.1 Å². The Balaban J connectivity index is 1.35. The van der Waals surface area contributed by atoms with Gasteiger partial charge in [-0.2, -0.15) is 0 Å². The van der Waals surface area contributed by atoms with Crippen molar-refractivity contribution < 1.29 is 50.0 Å². The molecule has 3 heterocycles. The topological polar surface area (TPSA) is 180 Å². The number of piperidine rings is 1. The fourth-order valence-electron chi connectivity index (χ4n) is 7.48. The first-order valence-electron chi connectivity index (χ1n) is 16.8. The molecule has 7 N–H and O–H groups in total. The number of carbonyl (C=O) groups excluding carboxylic acids is 1. The largest absolute Gasteiger partial charge is 0.394 e. The van der Waals surface area contributed by atoms with E-state index in [1.54, 1.807) is 0 Å². The maximum Gasteiger partial charge on any atom is 0.227 e. The quantitative estimate of drug-likeness (QED) is 0.215. The van der Waals surface area contributed by atoms with Crippen LogP contribution in [0.2, 0.25) is 0 Å². The highest BCUT2D eigenvalue weighted by atomic mass is 16.5. The van der Waals surface area contributed by atoms with Gasteiger partial charge in [-0.1, -0.05) is 56.6 Å². The van der Waals surface area contributed by atoms with E-state index in [1.807, 2.05) is 62.1 Å². The molecule has 6 rings (SSSR count). The van der Waals surface area contributed by atoms with Crippen molar-refractivity contribution in [2.45, 2.75) is 100 Å². The Bertz CT molecular complexity index is 1690. The van der Waals surface area contributed by atoms with Crippen LogP contribution in [0.1, 0.15) is 62.3 Å². The summed E-state index contributed by atoms with van der Waals surface area (Å²) in [6, 6.07) is 11.8. The van der Waals surface area contributed by atoms with Gasteiger partial charge in [-0.25, -0.2) is 0 Å². The van der Waals surface area contributed by atoms with Crippen molar-refractivity contribution in [2.24, 2.45) is 5.41 Å². The molecule has 3 fully saturated rings. The third-order valence-electron chi connectivity index (χ3n) is 10.3. The van der Waals surface area contributed by atoms with Crippen LogP contribution < -0.4 is 0 Å². The van der Waals surface area contributed by atoms with Crippen molar-refractivity contribution in [3.63, 3.8) is 0 Å². The van der Waals surface area contributed by atoms with Crippen LogP contribution in [0, 0.1) is 29.1 Å². The van der Waals surface area contributed by atoms with E-state index in [4.69, 9.17) is 9.47 Å². The van der Waals surface area contributed by atoms with E-state index in [0.717, 1.165) is 22.3 Å². The maximum atomic E-state index is 13.2. The fraction of sp³-hybridized carbons (Fsp3) is 0.553. The minimum absolute atomic E-state index is 0.0916. The van der Waals surface area contributed by atoms with Crippen LogP contribution in [0.5, 0.6) is 0 Å². The summed E-state index contributed by atoms with van der Waals surface area (Å²) in [5.74, 6) is 12.1. The molecule has 1 aliphatic carbocycles. The number of ether oxygens (including phenoxy) is 2. The van der Waals surface area contributed by atoms with E-state index in [2.05, 4.69) is 23.7 Å². The number of fused-ring (bicyclic) bond motifs is 5. The molecular formula is C38H45NO10. The molecular weight excluding hydrogens is 630 g/mol. The second kappa shape index (κ2) is 13.8. The van der Waals surface area contributed by atoms with Crippen molar-refractivity contribution in [3.05, 3.63) is 58.7 Å². The number of aliphatic hydroxyl groups is 7. The van der Waals surface area contributed by atoms with Gasteiger partial charge in [0.1, 0.15) is 42.7 Å². The first kappa shape index (κ1) is 35.5. The molecule has 9 atom stereocenters. The smallest absolute Gasteiger partial charge is 0.227 e. The number of aliphatic hydroxyl groups excluding tert-OH is 7. The predicted octanol–water partition coefficient (Wildman–Crippen LogP) is 0.0386. The molecule has 11 nitrogen and oxygen atoms in total. The third kappa shape index (κ3) is 6.64. The van der Waals surface area contributed by atoms with E-state index < -0.39 is 72.4 Å². The summed E-state index contributed by atoms with van der Waals surface area (Å²) in [6.07, 6.45) is -9.01. The van der Waals surface area contributed by atoms with Crippen LogP contribution in [-0.2, 0) is 19.7 Å². The lowest BCUT2D eigenvalue weighted by Gasteiger charge is -2.42. The first-order chi connectivity index (χ1) is 23.3. The number of hydrogen-bond donors (Lipinski definition) is 7. The molecule has 8 unspecified atom stereocenters. The number of amides is 1. The van der Waals surface area contributed by atoms with Gasteiger partial charge in [0.15, 0.2) is 0 Å². The molecule has 11 heteroatoms. The van der Waals surface area contributed by atoms with Gasteiger partial charge in [-0.3, -0.25) is 4.79 Å². The van der Waals surface area contributed by atoms with Crippen molar-refractivity contribution in [1.82, 2.24) is 4.90 Å². The number of carbonyl (C=O) groups is 1. The maximum absolute atomic E-state index is 13.2. The Morgan fingerprint density at radius 3 is 1.86 bits per heavy atom.